The van der Waals surface area contributed by atoms with Gasteiger partial charge < -0.3 is 4.74 Å². The lowest BCUT2D eigenvalue weighted by Gasteiger charge is -2.06. The predicted molar refractivity (Wildman–Crippen MR) is 114 cm³/mol. The molecule has 1 amide bonds. The average molecular weight is 425 g/mol. The monoisotopic (exact) mass is 424 g/mol. The highest BCUT2D eigenvalue weighted by Crippen LogP contribution is 2.19. The lowest BCUT2D eigenvalue weighted by Crippen LogP contribution is -2.05. The number of carbonyl (C=O) groups is 1. The Morgan fingerprint density at radius 1 is 1.10 bits per heavy atom. The van der Waals surface area contributed by atoms with Crippen molar-refractivity contribution in [1.82, 2.24) is 4.98 Å². The predicted octanol–water partition coefficient (Wildman–Crippen LogP) is 4.44. The fourth-order valence-corrected chi connectivity index (χ4v) is 3.80. The molecule has 0 radical (unpaired) electrons. The number of hydrogen-bond donors (Lipinski definition) is 0. The molecular weight excluding hydrogens is 408 g/mol. The number of nitrogens with zero attached hydrogens (tertiary/aromatic N) is 2. The molecule has 0 fully saturated rings. The number of amides is 1. The lowest BCUT2D eigenvalue weighted by atomic mass is 10.1. The van der Waals surface area contributed by atoms with Crippen molar-refractivity contribution in [3.8, 4) is 17.6 Å². The largest absolute Gasteiger partial charge is 0.497 e. The van der Waals surface area contributed by atoms with Crippen LogP contribution >= 0.6 is 11.6 Å². The highest BCUT2D eigenvalue weighted by molar-refractivity contribution is 7.93. The third-order valence-corrected chi connectivity index (χ3v) is 5.91. The van der Waals surface area contributed by atoms with Crippen LogP contribution in [0, 0.1) is 11.8 Å². The number of hydrogen-bond acceptors (Lipinski definition) is 4. The molecule has 3 rings (SSSR count). The van der Waals surface area contributed by atoms with Gasteiger partial charge in [-0.25, -0.2) is 4.21 Å². The summed E-state index contributed by atoms with van der Waals surface area (Å²) in [4.78, 5) is 17.0. The molecule has 29 heavy (non-hydrogen) atoms. The molecule has 1 atom stereocenters. The normalized spacial score (nSPS) is 12.2. The van der Waals surface area contributed by atoms with Crippen LogP contribution in [0.5, 0.6) is 5.75 Å². The summed E-state index contributed by atoms with van der Waals surface area (Å²) >= 11 is 6.10. The van der Waals surface area contributed by atoms with Crippen molar-refractivity contribution in [2.24, 2.45) is 4.36 Å². The number of methoxy groups -OCH3 is 1. The van der Waals surface area contributed by atoms with E-state index in [9.17, 15) is 9.00 Å². The summed E-state index contributed by atoms with van der Waals surface area (Å²) in [6, 6.07) is 15.4. The molecule has 5 nitrogen and oxygen atoms in total. The molecule has 1 unspecified atom stereocenters. The van der Waals surface area contributed by atoms with Gasteiger partial charge in [0.1, 0.15) is 5.75 Å². The molecule has 0 saturated carbocycles. The van der Waals surface area contributed by atoms with Gasteiger partial charge in [-0.05, 0) is 36.4 Å². The minimum Gasteiger partial charge on any atom is -0.497 e. The zero-order valence-corrected chi connectivity index (χ0v) is 17.3. The van der Waals surface area contributed by atoms with Crippen LogP contribution in [-0.2, 0) is 9.73 Å². The number of halogens is 1. The van der Waals surface area contributed by atoms with Crippen molar-refractivity contribution in [2.45, 2.75) is 4.90 Å². The molecule has 0 aliphatic carbocycles. The Morgan fingerprint density at radius 2 is 1.90 bits per heavy atom. The van der Waals surface area contributed by atoms with Gasteiger partial charge in [0, 0.05) is 29.8 Å². The maximum atomic E-state index is 13.0. The summed E-state index contributed by atoms with van der Waals surface area (Å²) < 4.78 is 22.0. The van der Waals surface area contributed by atoms with Crippen LogP contribution in [0.4, 0.5) is 0 Å². The second-order valence-corrected chi connectivity index (χ2v) is 8.74. The van der Waals surface area contributed by atoms with Gasteiger partial charge in [0.25, 0.3) is 5.91 Å². The van der Waals surface area contributed by atoms with E-state index in [0.717, 1.165) is 0 Å². The molecule has 146 valence electrons. The van der Waals surface area contributed by atoms with Gasteiger partial charge in [-0.15, -0.1) is 0 Å². The van der Waals surface area contributed by atoms with Crippen LogP contribution < -0.4 is 4.74 Å². The first kappa shape index (κ1) is 20.6. The molecule has 0 bridgehead atoms. The van der Waals surface area contributed by atoms with Crippen molar-refractivity contribution in [1.29, 1.82) is 0 Å². The molecular formula is C22H17ClN2O3S. The minimum absolute atomic E-state index is 0.202. The Hall–Kier alpha value is -3.14. The van der Waals surface area contributed by atoms with Crippen LogP contribution in [-0.4, -0.2) is 28.5 Å². The second kappa shape index (κ2) is 8.91. The molecule has 3 aromatic rings. The summed E-state index contributed by atoms with van der Waals surface area (Å²) in [7, 11) is -1.44. The molecule has 1 heterocycles. The summed E-state index contributed by atoms with van der Waals surface area (Å²) in [6.45, 7) is 0. The molecule has 1 aromatic heterocycles. The number of rotatable bonds is 3. The molecule has 0 saturated heterocycles. The molecule has 7 heteroatoms. The van der Waals surface area contributed by atoms with Crippen molar-refractivity contribution in [3.05, 3.63) is 88.7 Å². The fourth-order valence-electron chi connectivity index (χ4n) is 2.43. The van der Waals surface area contributed by atoms with Crippen LogP contribution in [0.3, 0.4) is 0 Å². The standard InChI is InChI=1S/C22H17ClN2O3S/c1-28-19-7-5-8-20(13-19)29(2,27)25-22(26)18-12-16(14-24-15-18)10-11-17-6-3-4-9-21(17)23/h3-9,12-15H,1-2H3. The summed E-state index contributed by atoms with van der Waals surface area (Å²) in [5.74, 6) is 5.79. The SMILES string of the molecule is COc1cccc(S(C)(=O)=NC(=O)c2cncc(C#Cc3ccccc3Cl)c2)c1. The zero-order valence-electron chi connectivity index (χ0n) is 15.8. The third kappa shape index (κ3) is 5.23. The van der Waals surface area contributed by atoms with E-state index in [1.807, 2.05) is 12.1 Å². The first-order valence-corrected chi connectivity index (χ1v) is 10.8. The first-order valence-electron chi connectivity index (χ1n) is 8.51. The third-order valence-electron chi connectivity index (χ3n) is 3.94. The van der Waals surface area contributed by atoms with Crippen molar-refractivity contribution in [2.75, 3.05) is 13.4 Å². The van der Waals surface area contributed by atoms with Crippen molar-refractivity contribution >= 4 is 27.2 Å². The average Bonchev–Trinajstić information content (AvgIpc) is 2.73. The molecule has 0 aliphatic rings. The highest BCUT2D eigenvalue weighted by atomic mass is 35.5. The number of ether oxygens (including phenoxy) is 1. The molecule has 0 spiro atoms. The minimum atomic E-state index is -2.95. The van der Waals surface area contributed by atoms with E-state index in [2.05, 4.69) is 21.2 Å². The van der Waals surface area contributed by atoms with Gasteiger partial charge in [0.15, 0.2) is 0 Å². The van der Waals surface area contributed by atoms with Gasteiger partial charge >= 0.3 is 0 Å². The Morgan fingerprint density at radius 3 is 2.66 bits per heavy atom. The van der Waals surface area contributed by atoms with Gasteiger partial charge in [-0.1, -0.05) is 41.6 Å². The zero-order chi connectivity index (χ0) is 20.9. The molecule has 0 N–H and O–H groups in total. The summed E-state index contributed by atoms with van der Waals surface area (Å²) in [5.41, 5.74) is 1.40. The van der Waals surface area contributed by atoms with E-state index < -0.39 is 15.6 Å². The van der Waals surface area contributed by atoms with Crippen LogP contribution in [0.1, 0.15) is 21.5 Å². The Balaban J connectivity index is 1.91. The molecule has 2 aromatic carbocycles. The number of carbonyl (C=O) groups excluding carboxylic acids is 1. The summed E-state index contributed by atoms with van der Waals surface area (Å²) in [5, 5.41) is 0.541. The Bertz CT molecular complexity index is 1250. The maximum absolute atomic E-state index is 13.0. The van der Waals surface area contributed by atoms with E-state index in [1.165, 1.54) is 25.8 Å². The van der Waals surface area contributed by atoms with Gasteiger partial charge in [0.05, 0.1) is 32.3 Å². The van der Waals surface area contributed by atoms with Crippen molar-refractivity contribution in [3.63, 3.8) is 0 Å². The summed E-state index contributed by atoms with van der Waals surface area (Å²) in [6.07, 6.45) is 4.31. The highest BCUT2D eigenvalue weighted by Gasteiger charge is 2.13. The smallest absolute Gasteiger partial charge is 0.286 e. The van der Waals surface area contributed by atoms with Crippen LogP contribution in [0.15, 0.2) is 76.2 Å². The second-order valence-electron chi connectivity index (χ2n) is 6.07. The number of pyridine rings is 1. The van der Waals surface area contributed by atoms with E-state index in [4.69, 9.17) is 16.3 Å². The van der Waals surface area contributed by atoms with Gasteiger partial charge in [-0.3, -0.25) is 9.78 Å². The Kier molecular flexibility index (Phi) is 6.32. The maximum Gasteiger partial charge on any atom is 0.286 e. The van der Waals surface area contributed by atoms with E-state index in [0.29, 0.717) is 26.8 Å². The molecule has 0 aliphatic heterocycles. The van der Waals surface area contributed by atoms with Crippen LogP contribution in [0.25, 0.3) is 0 Å². The van der Waals surface area contributed by atoms with Gasteiger partial charge in [0.2, 0.25) is 0 Å². The van der Waals surface area contributed by atoms with E-state index >= 15 is 0 Å². The number of aromatic nitrogens is 1. The van der Waals surface area contributed by atoms with Gasteiger partial charge in [-0.2, -0.15) is 4.36 Å². The quantitative estimate of drug-likeness (QED) is 0.583. The van der Waals surface area contributed by atoms with Crippen LogP contribution in [0.2, 0.25) is 5.02 Å². The van der Waals surface area contributed by atoms with Crippen molar-refractivity contribution < 1.29 is 13.7 Å². The van der Waals surface area contributed by atoms with E-state index in [1.54, 1.807) is 42.5 Å². The number of benzene rings is 2. The topological polar surface area (TPSA) is 68.6 Å². The lowest BCUT2D eigenvalue weighted by molar-refractivity contribution is 0.100. The van der Waals surface area contributed by atoms with E-state index in [-0.39, 0.29) is 5.56 Å². The fraction of sp³-hybridized carbons (Fsp3) is 0.0909. The first-order chi connectivity index (χ1) is 13.9. The Labute approximate surface area is 174 Å².